The van der Waals surface area contributed by atoms with Crippen LogP contribution in [0, 0.1) is 0 Å². The van der Waals surface area contributed by atoms with E-state index >= 15 is 0 Å². The van der Waals surface area contributed by atoms with Gasteiger partial charge in [-0.2, -0.15) is 0 Å². The number of fused-ring (bicyclic) bond motifs is 1. The Bertz CT molecular complexity index is 750. The normalized spacial score (nSPS) is 11.2. The fourth-order valence-electron chi connectivity index (χ4n) is 2.10. The second-order valence-corrected chi connectivity index (χ2v) is 5.12. The van der Waals surface area contributed by atoms with Crippen LogP contribution >= 0.6 is 11.6 Å². The number of rotatable bonds is 3. The second-order valence-electron chi connectivity index (χ2n) is 4.78. The molecule has 3 rings (SSSR count). The smallest absolute Gasteiger partial charge is 0.224 e. The molecule has 20 heavy (non-hydrogen) atoms. The van der Waals surface area contributed by atoms with Crippen LogP contribution < -0.4 is 5.32 Å². The Morgan fingerprint density at radius 1 is 1.20 bits per heavy atom. The van der Waals surface area contributed by atoms with Crippen molar-refractivity contribution < 1.29 is 0 Å². The maximum absolute atomic E-state index is 5.77. The Kier molecular flexibility index (Phi) is 3.28. The van der Waals surface area contributed by atoms with Crippen molar-refractivity contribution in [2.24, 2.45) is 0 Å². The predicted molar refractivity (Wildman–Crippen MR) is 80.4 cm³/mol. The molecular formula is C14H14ClN5. The molecule has 1 N–H and O–H groups in total. The van der Waals surface area contributed by atoms with Gasteiger partial charge in [-0.3, -0.25) is 0 Å². The van der Waals surface area contributed by atoms with Gasteiger partial charge < -0.3 is 9.88 Å². The first-order valence-electron chi connectivity index (χ1n) is 6.35. The molecular weight excluding hydrogens is 274 g/mol. The van der Waals surface area contributed by atoms with Gasteiger partial charge in [0.15, 0.2) is 0 Å². The molecule has 0 saturated carbocycles. The van der Waals surface area contributed by atoms with Crippen LogP contribution in [0.1, 0.15) is 19.9 Å². The molecule has 0 radical (unpaired) electrons. The monoisotopic (exact) mass is 287 g/mol. The van der Waals surface area contributed by atoms with Crippen molar-refractivity contribution in [2.75, 3.05) is 5.32 Å². The van der Waals surface area contributed by atoms with Crippen molar-refractivity contribution in [1.82, 2.24) is 19.5 Å². The van der Waals surface area contributed by atoms with Crippen molar-refractivity contribution in [1.29, 1.82) is 0 Å². The molecule has 0 aliphatic rings. The van der Waals surface area contributed by atoms with E-state index < -0.39 is 0 Å². The van der Waals surface area contributed by atoms with Gasteiger partial charge in [0.25, 0.3) is 0 Å². The first-order chi connectivity index (χ1) is 9.63. The third-order valence-corrected chi connectivity index (χ3v) is 3.23. The van der Waals surface area contributed by atoms with Gasteiger partial charge in [0.05, 0.1) is 5.52 Å². The summed E-state index contributed by atoms with van der Waals surface area (Å²) in [5, 5.41) is 4.46. The molecule has 0 aliphatic carbocycles. The molecule has 0 fully saturated rings. The Morgan fingerprint density at radius 2 is 2.05 bits per heavy atom. The average molecular weight is 288 g/mol. The lowest BCUT2D eigenvalue weighted by molar-refractivity contribution is 0.623. The van der Waals surface area contributed by atoms with Gasteiger partial charge in [0.2, 0.25) is 5.28 Å². The largest absolute Gasteiger partial charge is 0.345 e. The van der Waals surface area contributed by atoms with E-state index in [4.69, 9.17) is 11.6 Å². The summed E-state index contributed by atoms with van der Waals surface area (Å²) in [4.78, 5) is 12.3. The summed E-state index contributed by atoms with van der Waals surface area (Å²) in [5.74, 6) is 1.35. The molecule has 0 aromatic carbocycles. The maximum atomic E-state index is 5.77. The zero-order chi connectivity index (χ0) is 14.1. The van der Waals surface area contributed by atoms with Crippen molar-refractivity contribution >= 4 is 34.1 Å². The van der Waals surface area contributed by atoms with E-state index in [0.29, 0.717) is 11.9 Å². The van der Waals surface area contributed by atoms with Crippen molar-refractivity contribution in [3.05, 3.63) is 42.1 Å². The van der Waals surface area contributed by atoms with Crippen molar-refractivity contribution in [3.63, 3.8) is 0 Å². The summed E-state index contributed by atoms with van der Waals surface area (Å²) < 4.78 is 2.20. The highest BCUT2D eigenvalue weighted by Gasteiger charge is 2.06. The highest BCUT2D eigenvalue weighted by molar-refractivity contribution is 6.28. The van der Waals surface area contributed by atoms with Crippen molar-refractivity contribution in [2.45, 2.75) is 19.9 Å². The highest BCUT2D eigenvalue weighted by atomic mass is 35.5. The summed E-state index contributed by atoms with van der Waals surface area (Å²) in [6.45, 7) is 4.30. The van der Waals surface area contributed by atoms with Gasteiger partial charge in [-0.1, -0.05) is 0 Å². The lowest BCUT2D eigenvalue weighted by atomic mass is 10.3. The minimum absolute atomic E-state index is 0.210. The molecule has 0 amide bonds. The number of halogens is 1. The summed E-state index contributed by atoms with van der Waals surface area (Å²) in [6.07, 6.45) is 5.52. The molecule has 102 valence electrons. The molecule has 0 atom stereocenters. The van der Waals surface area contributed by atoms with Crippen LogP contribution in [-0.4, -0.2) is 19.5 Å². The maximum Gasteiger partial charge on any atom is 0.224 e. The molecule has 3 heterocycles. The minimum Gasteiger partial charge on any atom is -0.345 e. The van der Waals surface area contributed by atoms with Crippen molar-refractivity contribution in [3.8, 4) is 0 Å². The molecule has 3 aromatic heterocycles. The number of anilines is 2. The summed E-state index contributed by atoms with van der Waals surface area (Å²) in [5.41, 5.74) is 1.14. The second kappa shape index (κ2) is 5.09. The van der Waals surface area contributed by atoms with Gasteiger partial charge in [-0.05, 0) is 37.6 Å². The quantitative estimate of drug-likeness (QED) is 0.744. The molecule has 0 aliphatic heterocycles. The molecule has 0 bridgehead atoms. The number of nitrogens with zero attached hydrogens (tertiary/aromatic N) is 4. The number of nitrogens with one attached hydrogen (secondary N) is 1. The Hall–Kier alpha value is -2.14. The van der Waals surface area contributed by atoms with Crippen LogP contribution in [0.3, 0.4) is 0 Å². The number of hydrogen-bond acceptors (Lipinski definition) is 4. The fourth-order valence-corrected chi connectivity index (χ4v) is 2.25. The van der Waals surface area contributed by atoms with Gasteiger partial charge in [-0.25, -0.2) is 15.0 Å². The van der Waals surface area contributed by atoms with Crippen LogP contribution in [0.4, 0.5) is 11.6 Å². The van der Waals surface area contributed by atoms with E-state index in [0.717, 1.165) is 16.7 Å². The highest BCUT2D eigenvalue weighted by Crippen LogP contribution is 2.23. The van der Waals surface area contributed by atoms with E-state index in [9.17, 15) is 0 Å². The van der Waals surface area contributed by atoms with E-state index in [1.165, 1.54) is 0 Å². The number of pyridine rings is 1. The third kappa shape index (κ3) is 2.44. The van der Waals surface area contributed by atoms with Crippen LogP contribution in [-0.2, 0) is 0 Å². The van der Waals surface area contributed by atoms with E-state index in [-0.39, 0.29) is 5.28 Å². The lowest BCUT2D eigenvalue weighted by Crippen LogP contribution is -2.00. The minimum atomic E-state index is 0.210. The van der Waals surface area contributed by atoms with E-state index in [1.807, 2.05) is 12.3 Å². The van der Waals surface area contributed by atoms with E-state index in [2.05, 4.69) is 50.9 Å². The summed E-state index contributed by atoms with van der Waals surface area (Å²) in [7, 11) is 0. The summed E-state index contributed by atoms with van der Waals surface area (Å²) in [6, 6.07) is 6.22. The standard InChI is InChI=1S/C14H14ClN5/c1-9(2)20-6-4-10-8-17-13(7-11(10)20)18-12-3-5-16-14(15)19-12/h3-9H,1-2H3,(H,16,17,18,19). The Labute approximate surface area is 121 Å². The van der Waals surface area contributed by atoms with Crippen LogP contribution in [0.5, 0.6) is 0 Å². The number of hydrogen-bond donors (Lipinski definition) is 1. The van der Waals surface area contributed by atoms with Gasteiger partial charge >= 0.3 is 0 Å². The third-order valence-electron chi connectivity index (χ3n) is 3.04. The van der Waals surface area contributed by atoms with Crippen LogP contribution in [0.15, 0.2) is 36.8 Å². The fraction of sp³-hybridized carbons (Fsp3) is 0.214. The molecule has 0 saturated heterocycles. The number of aromatic nitrogens is 4. The Morgan fingerprint density at radius 3 is 2.80 bits per heavy atom. The average Bonchev–Trinajstić information content (AvgIpc) is 2.82. The summed E-state index contributed by atoms with van der Waals surface area (Å²) >= 11 is 5.77. The molecule has 0 spiro atoms. The molecule has 5 nitrogen and oxygen atoms in total. The van der Waals surface area contributed by atoms with Crippen LogP contribution in [0.2, 0.25) is 5.28 Å². The van der Waals surface area contributed by atoms with E-state index in [1.54, 1.807) is 12.3 Å². The topological polar surface area (TPSA) is 55.6 Å². The first kappa shape index (κ1) is 12.9. The molecule has 3 aromatic rings. The lowest BCUT2D eigenvalue weighted by Gasteiger charge is -2.10. The Balaban J connectivity index is 1.98. The predicted octanol–water partition coefficient (Wildman–Crippen LogP) is 3.80. The zero-order valence-electron chi connectivity index (χ0n) is 11.2. The van der Waals surface area contributed by atoms with Gasteiger partial charge in [-0.15, -0.1) is 0 Å². The van der Waals surface area contributed by atoms with Gasteiger partial charge in [0, 0.05) is 36.1 Å². The SMILES string of the molecule is CC(C)n1ccc2cnc(Nc3ccnc(Cl)n3)cc21. The molecule has 0 unspecified atom stereocenters. The zero-order valence-corrected chi connectivity index (χ0v) is 12.0. The van der Waals surface area contributed by atoms with Gasteiger partial charge in [0.1, 0.15) is 11.6 Å². The molecule has 6 heteroatoms. The van der Waals surface area contributed by atoms with Crippen LogP contribution in [0.25, 0.3) is 10.9 Å². The first-order valence-corrected chi connectivity index (χ1v) is 6.73.